The SMILES string of the molecule is CCOC(=O)C(CC(=O)c1ccc(C#N)cc1)(OCC)C(=O)O. The second-order valence-corrected chi connectivity index (χ2v) is 4.57. The molecule has 0 radical (unpaired) electrons. The standard InChI is InChI=1S/C16H17NO6/c1-3-22-15(21)16(14(19)20,23-4-2)9-13(18)12-7-5-11(10-17)6-8-12/h5-8H,3-4,9H2,1-2H3,(H,19,20). The molecule has 1 aromatic rings. The third kappa shape index (κ3) is 4.14. The molecule has 1 unspecified atom stereocenters. The van der Waals surface area contributed by atoms with Gasteiger partial charge in [-0.05, 0) is 26.0 Å². The summed E-state index contributed by atoms with van der Waals surface area (Å²) in [4.78, 5) is 35.9. The summed E-state index contributed by atoms with van der Waals surface area (Å²) in [6.45, 7) is 2.93. The van der Waals surface area contributed by atoms with E-state index in [0.717, 1.165) is 0 Å². The number of carbonyl (C=O) groups is 3. The van der Waals surface area contributed by atoms with E-state index in [1.54, 1.807) is 0 Å². The van der Waals surface area contributed by atoms with Crippen molar-refractivity contribution in [1.82, 2.24) is 0 Å². The number of benzene rings is 1. The van der Waals surface area contributed by atoms with Gasteiger partial charge in [-0.15, -0.1) is 0 Å². The Kier molecular flexibility index (Phi) is 6.42. The van der Waals surface area contributed by atoms with Gasteiger partial charge in [-0.3, -0.25) is 4.79 Å². The minimum Gasteiger partial charge on any atom is -0.479 e. The van der Waals surface area contributed by atoms with Crippen molar-refractivity contribution >= 4 is 17.7 Å². The number of Topliss-reactive ketones (excluding diaryl/α,β-unsaturated/α-hetero) is 1. The van der Waals surface area contributed by atoms with Crippen LogP contribution in [0.25, 0.3) is 0 Å². The quantitative estimate of drug-likeness (QED) is 0.439. The molecule has 7 nitrogen and oxygen atoms in total. The first kappa shape index (κ1) is 18.3. The van der Waals surface area contributed by atoms with E-state index in [-0.39, 0.29) is 18.8 Å². The van der Waals surface area contributed by atoms with Crippen LogP contribution in [-0.4, -0.2) is 41.6 Å². The summed E-state index contributed by atoms with van der Waals surface area (Å²) in [7, 11) is 0. The molecule has 23 heavy (non-hydrogen) atoms. The molecule has 0 bridgehead atoms. The number of ketones is 1. The Labute approximate surface area is 133 Å². The minimum atomic E-state index is -2.38. The molecule has 1 N–H and O–H groups in total. The Balaban J connectivity index is 3.12. The Morgan fingerprint density at radius 1 is 1.17 bits per heavy atom. The van der Waals surface area contributed by atoms with Crippen LogP contribution in [0.15, 0.2) is 24.3 Å². The zero-order valence-electron chi connectivity index (χ0n) is 12.9. The molecule has 0 spiro atoms. The molecular weight excluding hydrogens is 302 g/mol. The zero-order valence-corrected chi connectivity index (χ0v) is 12.9. The fourth-order valence-corrected chi connectivity index (χ4v) is 1.96. The number of carbonyl (C=O) groups excluding carboxylic acids is 2. The molecule has 0 saturated heterocycles. The van der Waals surface area contributed by atoms with Crippen molar-refractivity contribution in [2.75, 3.05) is 13.2 Å². The van der Waals surface area contributed by atoms with Crippen LogP contribution in [-0.2, 0) is 19.1 Å². The van der Waals surface area contributed by atoms with E-state index in [1.165, 1.54) is 38.1 Å². The second-order valence-electron chi connectivity index (χ2n) is 4.57. The Morgan fingerprint density at radius 3 is 2.22 bits per heavy atom. The monoisotopic (exact) mass is 319 g/mol. The summed E-state index contributed by atoms with van der Waals surface area (Å²) in [5, 5.41) is 18.1. The highest BCUT2D eigenvalue weighted by molar-refractivity contribution is 6.09. The molecule has 0 saturated carbocycles. The van der Waals surface area contributed by atoms with Crippen molar-refractivity contribution in [3.05, 3.63) is 35.4 Å². The lowest BCUT2D eigenvalue weighted by Crippen LogP contribution is -2.51. The molecule has 122 valence electrons. The van der Waals surface area contributed by atoms with E-state index in [1.807, 2.05) is 6.07 Å². The van der Waals surface area contributed by atoms with Crippen LogP contribution in [0.5, 0.6) is 0 Å². The lowest BCUT2D eigenvalue weighted by atomic mass is 9.93. The zero-order chi connectivity index (χ0) is 17.5. The first-order valence-electron chi connectivity index (χ1n) is 6.99. The number of carboxylic acids is 1. The Bertz CT molecular complexity index is 631. The number of ether oxygens (including phenoxy) is 2. The van der Waals surface area contributed by atoms with E-state index in [2.05, 4.69) is 0 Å². The predicted molar refractivity (Wildman–Crippen MR) is 78.7 cm³/mol. The maximum absolute atomic E-state index is 12.3. The van der Waals surface area contributed by atoms with Crippen LogP contribution in [0.1, 0.15) is 36.2 Å². The molecular formula is C16H17NO6. The smallest absolute Gasteiger partial charge is 0.350 e. The lowest BCUT2D eigenvalue weighted by molar-refractivity contribution is -0.186. The van der Waals surface area contributed by atoms with E-state index in [9.17, 15) is 19.5 Å². The number of carboxylic acid groups (broad SMARTS) is 1. The van der Waals surface area contributed by atoms with Gasteiger partial charge in [-0.2, -0.15) is 5.26 Å². The van der Waals surface area contributed by atoms with Gasteiger partial charge in [0.05, 0.1) is 24.7 Å². The second kappa shape index (κ2) is 8.06. The van der Waals surface area contributed by atoms with E-state index < -0.39 is 29.7 Å². The van der Waals surface area contributed by atoms with Gasteiger partial charge in [0.25, 0.3) is 5.60 Å². The number of hydrogen-bond acceptors (Lipinski definition) is 6. The maximum atomic E-state index is 12.3. The van der Waals surface area contributed by atoms with Crippen molar-refractivity contribution in [3.63, 3.8) is 0 Å². The topological polar surface area (TPSA) is 114 Å². The van der Waals surface area contributed by atoms with Gasteiger partial charge in [0.2, 0.25) is 0 Å². The van der Waals surface area contributed by atoms with Crippen molar-refractivity contribution < 1.29 is 29.0 Å². The summed E-state index contributed by atoms with van der Waals surface area (Å²) >= 11 is 0. The summed E-state index contributed by atoms with van der Waals surface area (Å²) in [6.07, 6.45) is -0.694. The van der Waals surface area contributed by atoms with E-state index >= 15 is 0 Å². The fraction of sp³-hybridized carbons (Fsp3) is 0.375. The third-order valence-corrected chi connectivity index (χ3v) is 3.09. The third-order valence-electron chi connectivity index (χ3n) is 3.09. The molecule has 1 rings (SSSR count). The van der Waals surface area contributed by atoms with Gasteiger partial charge >= 0.3 is 11.9 Å². The number of esters is 1. The van der Waals surface area contributed by atoms with Gasteiger partial charge in [0, 0.05) is 12.2 Å². The molecule has 1 atom stereocenters. The van der Waals surface area contributed by atoms with Gasteiger partial charge < -0.3 is 14.6 Å². The molecule has 0 aliphatic rings. The van der Waals surface area contributed by atoms with Crippen LogP contribution < -0.4 is 0 Å². The van der Waals surface area contributed by atoms with Crippen LogP contribution in [0.4, 0.5) is 0 Å². The van der Waals surface area contributed by atoms with Crippen molar-refractivity contribution in [2.45, 2.75) is 25.9 Å². The molecule has 0 fully saturated rings. The van der Waals surface area contributed by atoms with Crippen molar-refractivity contribution in [1.29, 1.82) is 5.26 Å². The predicted octanol–water partition coefficient (Wildman–Crippen LogP) is 1.55. The Hall–Kier alpha value is -2.72. The van der Waals surface area contributed by atoms with Crippen LogP contribution in [0, 0.1) is 11.3 Å². The molecule has 0 heterocycles. The Morgan fingerprint density at radius 2 is 1.78 bits per heavy atom. The van der Waals surface area contributed by atoms with Crippen LogP contribution in [0.2, 0.25) is 0 Å². The molecule has 0 amide bonds. The fourth-order valence-electron chi connectivity index (χ4n) is 1.96. The summed E-state index contributed by atoms with van der Waals surface area (Å²) < 4.78 is 9.85. The number of nitriles is 1. The van der Waals surface area contributed by atoms with Gasteiger partial charge in [0.1, 0.15) is 0 Å². The summed E-state index contributed by atoms with van der Waals surface area (Å²) in [5.41, 5.74) is -1.84. The number of nitrogens with zero attached hydrogens (tertiary/aromatic N) is 1. The van der Waals surface area contributed by atoms with Crippen molar-refractivity contribution in [3.8, 4) is 6.07 Å². The van der Waals surface area contributed by atoms with Crippen LogP contribution >= 0.6 is 0 Å². The maximum Gasteiger partial charge on any atom is 0.350 e. The summed E-state index contributed by atoms with van der Waals surface area (Å²) in [5.74, 6) is -3.30. The number of hydrogen-bond donors (Lipinski definition) is 1. The highest BCUT2D eigenvalue weighted by atomic mass is 16.6. The molecule has 0 aliphatic carbocycles. The van der Waals surface area contributed by atoms with E-state index in [0.29, 0.717) is 5.56 Å². The normalized spacial score (nSPS) is 12.7. The first-order valence-corrected chi connectivity index (χ1v) is 6.99. The molecule has 0 aromatic heterocycles. The summed E-state index contributed by atoms with van der Waals surface area (Å²) in [6, 6.07) is 7.56. The largest absolute Gasteiger partial charge is 0.479 e. The average molecular weight is 319 g/mol. The number of aliphatic carboxylic acids is 1. The van der Waals surface area contributed by atoms with Gasteiger partial charge in [-0.25, -0.2) is 9.59 Å². The molecule has 7 heteroatoms. The molecule has 1 aromatic carbocycles. The highest BCUT2D eigenvalue weighted by Crippen LogP contribution is 2.22. The first-order chi connectivity index (χ1) is 10.9. The van der Waals surface area contributed by atoms with E-state index in [4.69, 9.17) is 14.7 Å². The van der Waals surface area contributed by atoms with Gasteiger partial charge in [-0.1, -0.05) is 12.1 Å². The molecule has 0 aliphatic heterocycles. The van der Waals surface area contributed by atoms with Crippen LogP contribution in [0.3, 0.4) is 0 Å². The number of rotatable bonds is 8. The lowest BCUT2D eigenvalue weighted by Gasteiger charge is -2.26. The van der Waals surface area contributed by atoms with Crippen molar-refractivity contribution in [2.24, 2.45) is 0 Å². The minimum absolute atomic E-state index is 0.0357. The highest BCUT2D eigenvalue weighted by Gasteiger charge is 2.50. The average Bonchev–Trinajstić information content (AvgIpc) is 2.54. The van der Waals surface area contributed by atoms with Gasteiger partial charge in [0.15, 0.2) is 5.78 Å².